The highest BCUT2D eigenvalue weighted by Crippen LogP contribution is 2.64. The molecule has 0 aromatic heterocycles. The number of nitrogens with zero attached hydrogens (tertiary/aromatic N) is 2. The van der Waals surface area contributed by atoms with E-state index in [9.17, 15) is 24.6 Å². The summed E-state index contributed by atoms with van der Waals surface area (Å²) in [5, 5.41) is 22.1. The van der Waals surface area contributed by atoms with E-state index < -0.39 is 46.8 Å². The molecule has 4 aromatic carbocycles. The molecule has 4 aliphatic rings. The Hall–Kier alpha value is -5.23. The van der Waals surface area contributed by atoms with Crippen molar-refractivity contribution in [3.8, 4) is 23.0 Å². The van der Waals surface area contributed by atoms with Crippen LogP contribution >= 0.6 is 34.8 Å². The molecule has 4 aromatic rings. The molecule has 288 valence electrons. The number of fused-ring (bicyclic) bond motifs is 4. The zero-order valence-corrected chi connectivity index (χ0v) is 32.4. The van der Waals surface area contributed by atoms with Crippen LogP contribution in [-0.2, 0) is 31.0 Å². The first-order valence-corrected chi connectivity index (χ1v) is 19.2. The second-order valence-electron chi connectivity index (χ2n) is 14.5. The Balaban J connectivity index is 1.29. The number of benzene rings is 4. The number of ether oxygens (including phenoxy) is 2. The van der Waals surface area contributed by atoms with Crippen LogP contribution in [0, 0.1) is 23.7 Å². The molecule has 56 heavy (non-hydrogen) atoms. The van der Waals surface area contributed by atoms with Crippen molar-refractivity contribution < 1.29 is 38.9 Å². The van der Waals surface area contributed by atoms with E-state index in [4.69, 9.17) is 44.3 Å². The van der Waals surface area contributed by atoms with Crippen LogP contribution in [0.2, 0.25) is 15.1 Å². The number of hydrazine groups is 1. The summed E-state index contributed by atoms with van der Waals surface area (Å²) in [5.41, 5.74) is 4.14. The highest BCUT2D eigenvalue weighted by atomic mass is 35.5. The van der Waals surface area contributed by atoms with Crippen molar-refractivity contribution in [1.82, 2.24) is 9.91 Å². The molecule has 0 spiro atoms. The first kappa shape index (κ1) is 37.7. The number of aromatic hydroxyl groups is 2. The zero-order chi connectivity index (χ0) is 39.6. The predicted octanol–water partition coefficient (Wildman–Crippen LogP) is 7.30. The van der Waals surface area contributed by atoms with Crippen molar-refractivity contribution in [1.29, 1.82) is 0 Å². The molecule has 2 heterocycles. The maximum Gasteiger partial charge on any atom is 0.260 e. The van der Waals surface area contributed by atoms with Gasteiger partial charge in [-0.05, 0) is 96.5 Å². The van der Waals surface area contributed by atoms with Crippen LogP contribution in [-0.4, -0.2) is 64.5 Å². The van der Waals surface area contributed by atoms with Gasteiger partial charge < -0.3 is 19.7 Å². The Morgan fingerprint density at radius 1 is 0.821 bits per heavy atom. The fraction of sp³-hybridized carbons (Fsp3) is 0.286. The lowest BCUT2D eigenvalue weighted by Crippen LogP contribution is -2.53. The number of imide groups is 2. The molecule has 3 N–H and O–H groups in total. The van der Waals surface area contributed by atoms with Gasteiger partial charge in [-0.25, -0.2) is 0 Å². The predicted molar refractivity (Wildman–Crippen MR) is 209 cm³/mol. The molecule has 2 aliphatic heterocycles. The van der Waals surface area contributed by atoms with Crippen LogP contribution in [0.3, 0.4) is 0 Å². The van der Waals surface area contributed by atoms with Gasteiger partial charge in [-0.1, -0.05) is 70.7 Å². The molecule has 0 radical (unpaired) electrons. The smallest absolute Gasteiger partial charge is 0.260 e. The van der Waals surface area contributed by atoms with E-state index in [1.165, 1.54) is 25.2 Å². The average Bonchev–Trinajstić information content (AvgIpc) is 3.56. The third-order valence-electron chi connectivity index (χ3n) is 11.8. The number of nitrogens with one attached hydrogen (secondary N) is 1. The molecule has 2 saturated heterocycles. The Morgan fingerprint density at radius 3 is 2.23 bits per heavy atom. The van der Waals surface area contributed by atoms with E-state index in [1.807, 2.05) is 6.08 Å². The lowest BCUT2D eigenvalue weighted by Gasteiger charge is -2.50. The third-order valence-corrected chi connectivity index (χ3v) is 12.7. The van der Waals surface area contributed by atoms with Crippen LogP contribution in [0.4, 0.5) is 5.69 Å². The molecule has 8 rings (SSSR count). The number of halogens is 3. The van der Waals surface area contributed by atoms with E-state index in [0.717, 1.165) is 10.6 Å². The number of carbonyl (C=O) groups is 4. The molecule has 6 atom stereocenters. The van der Waals surface area contributed by atoms with Crippen molar-refractivity contribution in [3.63, 3.8) is 0 Å². The van der Waals surface area contributed by atoms with Crippen LogP contribution in [0.5, 0.6) is 23.0 Å². The van der Waals surface area contributed by atoms with Gasteiger partial charge >= 0.3 is 0 Å². The summed E-state index contributed by atoms with van der Waals surface area (Å²) in [5.74, 6) is -5.45. The van der Waals surface area contributed by atoms with Gasteiger partial charge in [0.1, 0.15) is 11.5 Å². The SMILES string of the molecule is COc1ccc([C@@]23C(=O)N(Nc4ccc(Cl)cc4Cl)C(=O)[C@@H]2C[C@@H]2C(=CC[C@@H]4C(=O)N(CCc5ccc(O)cc5)C(=O)[C@@H]42)[C@@H]3c2cc(Cl)c(O)c(OC)c2)cc1. The minimum atomic E-state index is -1.63. The molecule has 14 heteroatoms. The number of hydrogen-bond acceptors (Lipinski definition) is 9. The van der Waals surface area contributed by atoms with Crippen molar-refractivity contribution in [2.75, 3.05) is 26.2 Å². The molecule has 0 unspecified atom stereocenters. The van der Waals surface area contributed by atoms with Crippen molar-refractivity contribution >= 4 is 64.1 Å². The number of phenols is 2. The number of rotatable bonds is 9. The van der Waals surface area contributed by atoms with Gasteiger partial charge in [0.25, 0.3) is 11.8 Å². The first-order chi connectivity index (χ1) is 26.9. The molecule has 1 saturated carbocycles. The second-order valence-corrected chi connectivity index (χ2v) is 15.8. The summed E-state index contributed by atoms with van der Waals surface area (Å²) in [6.45, 7) is 0.141. The lowest BCUT2D eigenvalue weighted by atomic mass is 9.49. The molecule has 0 bridgehead atoms. The monoisotopic (exact) mass is 815 g/mol. The first-order valence-electron chi connectivity index (χ1n) is 18.0. The van der Waals surface area contributed by atoms with E-state index in [0.29, 0.717) is 33.9 Å². The normalized spacial score (nSPS) is 25.4. The van der Waals surface area contributed by atoms with Gasteiger partial charge in [-0.3, -0.25) is 29.5 Å². The summed E-state index contributed by atoms with van der Waals surface area (Å²) in [7, 11) is 2.91. The fourth-order valence-corrected chi connectivity index (χ4v) is 9.99. The standard InChI is InChI=1S/C42H36Cl3N3O8/c1-55-26-10-5-23(6-11-26)42-30(39(52)48(41(42)54)46-33-14-7-24(43)19-31(33)44)20-29-27(36(42)22-17-32(45)37(50)34(18-22)56-2)12-13-28-35(29)40(53)47(38(28)51)16-15-21-3-8-25(49)9-4-21/h3-12,14,17-19,28-30,35-36,46,49-50H,13,15-16,20H2,1-2H3/t28-,29+,30-,35-,36-,42+/m0/s1. The van der Waals surface area contributed by atoms with Crippen LogP contribution < -0.4 is 14.9 Å². The van der Waals surface area contributed by atoms with E-state index in [-0.39, 0.29) is 64.2 Å². The number of anilines is 1. The molecular formula is C42H36Cl3N3O8. The van der Waals surface area contributed by atoms with E-state index in [1.54, 1.807) is 72.8 Å². The Bertz CT molecular complexity index is 2320. The summed E-state index contributed by atoms with van der Waals surface area (Å²) >= 11 is 19.4. The Kier molecular flexibility index (Phi) is 9.67. The number of allylic oxidation sites excluding steroid dienone is 2. The summed E-state index contributed by atoms with van der Waals surface area (Å²) < 4.78 is 11.0. The van der Waals surface area contributed by atoms with Crippen LogP contribution in [0.25, 0.3) is 0 Å². The Labute approximate surface area is 337 Å². The van der Waals surface area contributed by atoms with Crippen molar-refractivity contribution in [3.05, 3.63) is 122 Å². The maximum atomic E-state index is 15.5. The van der Waals surface area contributed by atoms with Gasteiger partial charge in [-0.15, -0.1) is 0 Å². The zero-order valence-electron chi connectivity index (χ0n) is 30.2. The van der Waals surface area contributed by atoms with Gasteiger partial charge in [-0.2, -0.15) is 5.01 Å². The second kappa shape index (κ2) is 14.4. The maximum absolute atomic E-state index is 15.5. The van der Waals surface area contributed by atoms with Gasteiger partial charge in [0.05, 0.1) is 53.1 Å². The minimum absolute atomic E-state index is 0.0376. The number of phenolic OH excluding ortho intramolecular Hbond substituents is 2. The molecule has 11 nitrogen and oxygen atoms in total. The van der Waals surface area contributed by atoms with E-state index >= 15 is 4.79 Å². The van der Waals surface area contributed by atoms with Gasteiger partial charge in [0, 0.05) is 17.5 Å². The average molecular weight is 817 g/mol. The lowest BCUT2D eigenvalue weighted by molar-refractivity contribution is -0.141. The topological polar surface area (TPSA) is 146 Å². The van der Waals surface area contributed by atoms with Crippen molar-refractivity contribution in [2.24, 2.45) is 23.7 Å². The largest absolute Gasteiger partial charge is 0.508 e. The molecule has 3 fully saturated rings. The van der Waals surface area contributed by atoms with Crippen molar-refractivity contribution in [2.45, 2.75) is 30.6 Å². The number of hydrogen-bond donors (Lipinski definition) is 3. The number of methoxy groups -OCH3 is 2. The van der Waals surface area contributed by atoms with Gasteiger partial charge in [0.15, 0.2) is 11.5 Å². The number of amides is 4. The molecule has 2 aliphatic carbocycles. The summed E-state index contributed by atoms with van der Waals surface area (Å²) in [6.07, 6.45) is 2.62. The quantitative estimate of drug-likeness (QED) is 0.117. The minimum Gasteiger partial charge on any atom is -0.508 e. The fourth-order valence-electron chi connectivity index (χ4n) is 9.32. The summed E-state index contributed by atoms with van der Waals surface area (Å²) in [6, 6.07) is 21.3. The van der Waals surface area contributed by atoms with Gasteiger partial charge in [0.2, 0.25) is 11.8 Å². The van der Waals surface area contributed by atoms with Crippen LogP contribution in [0.1, 0.15) is 35.4 Å². The summed E-state index contributed by atoms with van der Waals surface area (Å²) in [4.78, 5) is 60.3. The van der Waals surface area contributed by atoms with Crippen LogP contribution in [0.15, 0.2) is 90.5 Å². The third kappa shape index (κ3) is 5.86. The molecular weight excluding hydrogens is 781 g/mol. The number of carbonyl (C=O) groups excluding carboxylic acids is 4. The Morgan fingerprint density at radius 2 is 1.55 bits per heavy atom. The highest BCUT2D eigenvalue weighted by Gasteiger charge is 2.70. The highest BCUT2D eigenvalue weighted by molar-refractivity contribution is 6.36. The molecule has 4 amide bonds. The number of likely N-dealkylation sites (tertiary alicyclic amines) is 1. The van der Waals surface area contributed by atoms with E-state index in [2.05, 4.69) is 5.43 Å².